The van der Waals surface area contributed by atoms with Gasteiger partial charge >= 0.3 is 7.26 Å². The molecule has 30 heavy (non-hydrogen) atoms. The smallest absolute Gasteiger partial charge is 0.493 e. The molecule has 0 amide bonds. The minimum absolute atomic E-state index is 0.317. The van der Waals surface area contributed by atoms with Crippen molar-refractivity contribution in [2.75, 3.05) is 20.8 Å². The van der Waals surface area contributed by atoms with Crippen molar-refractivity contribution in [3.05, 3.63) is 71.0 Å². The van der Waals surface area contributed by atoms with E-state index in [0.29, 0.717) is 35.7 Å². The van der Waals surface area contributed by atoms with Gasteiger partial charge in [-0.25, -0.2) is 4.39 Å². The van der Waals surface area contributed by atoms with Crippen molar-refractivity contribution in [1.29, 1.82) is 0 Å². The van der Waals surface area contributed by atoms with Gasteiger partial charge in [0.15, 0.2) is 22.9 Å². The molecule has 5 nitrogen and oxygen atoms in total. The fraction of sp³-hybridized carbons (Fsp3) is 0.227. The van der Waals surface area contributed by atoms with E-state index in [1.54, 1.807) is 33.4 Å². The number of methoxy groups -OCH3 is 2. The predicted octanol–water partition coefficient (Wildman–Crippen LogP) is 3.38. The van der Waals surface area contributed by atoms with Crippen LogP contribution in [0.1, 0.15) is 24.6 Å². The molecule has 0 saturated heterocycles. The SMILES string of the molecule is COc1cc(F)c(/C=C/C2=[N+]3[BH-](F)n4cccc4C(CCN)=C3C(C)=C2)cc1OC. The van der Waals surface area contributed by atoms with Gasteiger partial charge in [-0.2, -0.15) is 0 Å². The molecule has 2 N–H and O–H groups in total. The molecule has 4 rings (SSSR count). The van der Waals surface area contributed by atoms with Gasteiger partial charge in [0, 0.05) is 40.6 Å². The van der Waals surface area contributed by atoms with E-state index in [2.05, 4.69) is 0 Å². The van der Waals surface area contributed by atoms with Crippen LogP contribution in [0.25, 0.3) is 11.6 Å². The van der Waals surface area contributed by atoms with E-state index in [4.69, 9.17) is 15.2 Å². The number of benzene rings is 1. The minimum atomic E-state index is -2.36. The van der Waals surface area contributed by atoms with E-state index in [-0.39, 0.29) is 0 Å². The third-order valence-corrected chi connectivity index (χ3v) is 5.62. The number of aromatic nitrogens is 1. The molecule has 1 unspecified atom stereocenters. The lowest BCUT2D eigenvalue weighted by molar-refractivity contribution is -0.335. The second kappa shape index (κ2) is 7.95. The third-order valence-electron chi connectivity index (χ3n) is 5.62. The molecule has 2 aliphatic heterocycles. The first-order chi connectivity index (χ1) is 14.5. The van der Waals surface area contributed by atoms with Gasteiger partial charge in [-0.05, 0) is 50.4 Å². The third kappa shape index (κ3) is 3.17. The van der Waals surface area contributed by atoms with Crippen LogP contribution in [0, 0.1) is 5.82 Å². The molecule has 2 aromatic rings. The van der Waals surface area contributed by atoms with Gasteiger partial charge in [0.2, 0.25) is 0 Å². The predicted molar refractivity (Wildman–Crippen MR) is 116 cm³/mol. The van der Waals surface area contributed by atoms with Gasteiger partial charge in [0.05, 0.1) is 14.2 Å². The summed E-state index contributed by atoms with van der Waals surface area (Å²) in [6.45, 7) is 2.43. The summed E-state index contributed by atoms with van der Waals surface area (Å²) >= 11 is 0. The second-order valence-corrected chi connectivity index (χ2v) is 7.35. The van der Waals surface area contributed by atoms with Gasteiger partial charge < -0.3 is 28.5 Å². The number of halogens is 2. The lowest BCUT2D eigenvalue weighted by Crippen LogP contribution is -2.40. The monoisotopic (exact) mass is 411 g/mol. The minimum Gasteiger partial charge on any atom is -0.493 e. The molecule has 1 aromatic carbocycles. The fourth-order valence-electron chi connectivity index (χ4n) is 4.28. The Morgan fingerprint density at radius 2 is 1.93 bits per heavy atom. The molecule has 8 heteroatoms. The van der Waals surface area contributed by atoms with E-state index >= 15 is 4.32 Å². The Morgan fingerprint density at radius 3 is 2.63 bits per heavy atom. The molecule has 1 atom stereocenters. The summed E-state index contributed by atoms with van der Waals surface area (Å²) in [7, 11) is 0.590. The molecule has 2 aliphatic rings. The van der Waals surface area contributed by atoms with Crippen LogP contribution in [-0.2, 0) is 0 Å². The van der Waals surface area contributed by atoms with Gasteiger partial charge in [0.25, 0.3) is 0 Å². The quantitative estimate of drug-likeness (QED) is 0.742. The van der Waals surface area contributed by atoms with E-state index in [9.17, 15) is 4.39 Å². The number of allylic oxidation sites excluding steroid dienone is 3. The number of hydrogen-bond donors (Lipinski definition) is 1. The van der Waals surface area contributed by atoms with Crippen LogP contribution in [-0.4, -0.2) is 42.7 Å². The highest BCUT2D eigenvalue weighted by molar-refractivity contribution is 6.43. The molecule has 0 saturated carbocycles. The average molecular weight is 411 g/mol. The number of nitrogens with two attached hydrogens (primary N) is 1. The summed E-state index contributed by atoms with van der Waals surface area (Å²) in [4.78, 5) is 0. The van der Waals surface area contributed by atoms with E-state index in [1.165, 1.54) is 20.3 Å². The highest BCUT2D eigenvalue weighted by Gasteiger charge is 2.37. The molecule has 0 bridgehead atoms. The first-order valence-corrected chi connectivity index (χ1v) is 9.85. The van der Waals surface area contributed by atoms with E-state index < -0.39 is 13.1 Å². The first kappa shape index (κ1) is 20.2. The molecular formula is C22H24BF2N3O2. The van der Waals surface area contributed by atoms with Crippen molar-refractivity contribution in [2.45, 2.75) is 13.3 Å². The van der Waals surface area contributed by atoms with Gasteiger partial charge in [-0.1, -0.05) is 0 Å². The number of fused-ring (bicyclic) bond motifs is 2. The summed E-state index contributed by atoms with van der Waals surface area (Å²) in [5, 5.41) is 0. The maximum Gasteiger partial charge on any atom is 0.536 e. The fourth-order valence-corrected chi connectivity index (χ4v) is 4.28. The maximum absolute atomic E-state index is 15.5. The highest BCUT2D eigenvalue weighted by atomic mass is 19.1. The Kier molecular flexibility index (Phi) is 5.34. The Morgan fingerprint density at radius 1 is 1.20 bits per heavy atom. The van der Waals surface area contributed by atoms with Crippen molar-refractivity contribution >= 4 is 24.6 Å². The van der Waals surface area contributed by atoms with Gasteiger partial charge in [0.1, 0.15) is 5.82 Å². The van der Waals surface area contributed by atoms with Crippen LogP contribution in [0.15, 0.2) is 53.9 Å². The van der Waals surface area contributed by atoms with Gasteiger partial charge in [-0.3, -0.25) is 0 Å². The second-order valence-electron chi connectivity index (χ2n) is 7.35. The standard InChI is InChI=1S/C22H24BF2N3O2/c1-14-11-16(7-6-15-12-20(29-2)21(30-3)13-18(15)24)28-22(14)17(8-9-26)19-5-4-10-27(19)23(28)25/h4-7,10-13,23H,8-9,26H2,1-3H3/b7-6+. The van der Waals surface area contributed by atoms with Crippen molar-refractivity contribution in [2.24, 2.45) is 5.73 Å². The molecule has 0 aliphatic carbocycles. The molecule has 1 aromatic heterocycles. The number of hydrogen-bond acceptors (Lipinski definition) is 3. The molecular weight excluding hydrogens is 387 g/mol. The van der Waals surface area contributed by atoms with Crippen LogP contribution in [0.4, 0.5) is 8.71 Å². The largest absolute Gasteiger partial charge is 0.536 e. The summed E-state index contributed by atoms with van der Waals surface area (Å²) < 4.78 is 43.8. The molecule has 3 heterocycles. The van der Waals surface area contributed by atoms with Gasteiger partial charge in [-0.15, -0.1) is 0 Å². The molecule has 0 fully saturated rings. The Labute approximate surface area is 174 Å². The first-order valence-electron chi connectivity index (χ1n) is 9.85. The van der Waals surface area contributed by atoms with Crippen molar-refractivity contribution in [1.82, 2.24) is 4.48 Å². The van der Waals surface area contributed by atoms with E-state index in [1.807, 2.05) is 25.1 Å². The number of ether oxygens (including phenoxy) is 2. The van der Waals surface area contributed by atoms with Crippen molar-refractivity contribution in [3.63, 3.8) is 0 Å². The lowest BCUT2D eigenvalue weighted by atomic mass is 9.90. The zero-order valence-corrected chi connectivity index (χ0v) is 17.3. The van der Waals surface area contributed by atoms with E-state index in [0.717, 1.165) is 22.5 Å². The summed E-state index contributed by atoms with van der Waals surface area (Å²) in [5.41, 5.74) is 10.6. The number of rotatable bonds is 6. The van der Waals surface area contributed by atoms with Crippen LogP contribution in [0.3, 0.4) is 0 Å². The average Bonchev–Trinajstić information content (AvgIpc) is 3.35. The molecule has 0 radical (unpaired) electrons. The van der Waals surface area contributed by atoms with Crippen molar-refractivity contribution < 1.29 is 22.7 Å². The molecule has 156 valence electrons. The Balaban J connectivity index is 1.81. The lowest BCUT2D eigenvalue weighted by Gasteiger charge is -2.29. The summed E-state index contributed by atoms with van der Waals surface area (Å²) in [6, 6.07) is 6.62. The van der Waals surface area contributed by atoms with Crippen LogP contribution in [0.5, 0.6) is 11.5 Å². The maximum atomic E-state index is 15.5. The zero-order chi connectivity index (χ0) is 21.4. The summed E-state index contributed by atoms with van der Waals surface area (Å²) in [5.74, 6) is 0.298. The normalized spacial score (nSPS) is 18.1. The Bertz CT molecular complexity index is 1130. The Hall–Kier alpha value is -3.13. The number of nitrogens with zero attached hydrogens (tertiary/aromatic N) is 2. The molecule has 0 spiro atoms. The summed E-state index contributed by atoms with van der Waals surface area (Å²) in [6.07, 6.45) is 7.68. The van der Waals surface area contributed by atoms with Crippen LogP contribution in [0.2, 0.25) is 0 Å². The topological polar surface area (TPSA) is 52.4 Å². The van der Waals surface area contributed by atoms with Crippen LogP contribution >= 0.6 is 0 Å². The highest BCUT2D eigenvalue weighted by Crippen LogP contribution is 2.36. The van der Waals surface area contributed by atoms with Crippen molar-refractivity contribution in [3.8, 4) is 11.5 Å². The van der Waals surface area contributed by atoms with Crippen LogP contribution < -0.4 is 15.2 Å². The zero-order valence-electron chi connectivity index (χ0n) is 17.3.